The number of aromatic nitrogens is 1. The number of hydrogen-bond acceptors (Lipinski definition) is 4. The fourth-order valence-electron chi connectivity index (χ4n) is 3.28. The van der Waals surface area contributed by atoms with Crippen molar-refractivity contribution in [1.82, 2.24) is 9.88 Å². The van der Waals surface area contributed by atoms with Crippen molar-refractivity contribution in [1.29, 1.82) is 0 Å². The van der Waals surface area contributed by atoms with E-state index in [-0.39, 0.29) is 19.3 Å². The van der Waals surface area contributed by atoms with Crippen LogP contribution in [0.1, 0.15) is 51.5 Å². The smallest absolute Gasteiger partial charge is 0.311 e. The molecule has 0 saturated carbocycles. The number of rotatable bonds is 12. The molecule has 27 heavy (non-hydrogen) atoms. The van der Waals surface area contributed by atoms with Gasteiger partial charge in [-0.05, 0) is 50.4 Å². The highest BCUT2D eigenvalue weighted by Crippen LogP contribution is 2.28. The van der Waals surface area contributed by atoms with Gasteiger partial charge in [-0.15, -0.1) is 0 Å². The minimum absolute atomic E-state index is 0.0298. The number of hydrogen-bond donors (Lipinski definition) is 2. The van der Waals surface area contributed by atoms with Crippen LogP contribution < -0.4 is 4.74 Å². The molecule has 1 aromatic heterocycles. The third kappa shape index (κ3) is 6.40. The first-order chi connectivity index (χ1) is 13.0. The Morgan fingerprint density at radius 3 is 2.52 bits per heavy atom. The van der Waals surface area contributed by atoms with Crippen LogP contribution in [0.15, 0.2) is 24.4 Å². The summed E-state index contributed by atoms with van der Waals surface area (Å²) in [6.07, 6.45) is 5.58. The molecule has 148 valence electrons. The molecule has 0 unspecified atom stereocenters. The summed E-state index contributed by atoms with van der Waals surface area (Å²) in [5.74, 6) is -0.811. The molecular formula is C21H30N2O4. The van der Waals surface area contributed by atoms with E-state index < -0.39 is 11.9 Å². The number of carbonyl (C=O) groups is 2. The summed E-state index contributed by atoms with van der Waals surface area (Å²) >= 11 is 0. The predicted molar refractivity (Wildman–Crippen MR) is 106 cm³/mol. The van der Waals surface area contributed by atoms with Crippen molar-refractivity contribution in [2.24, 2.45) is 0 Å². The number of H-pyrrole nitrogens is 1. The van der Waals surface area contributed by atoms with E-state index in [2.05, 4.69) is 23.7 Å². The topological polar surface area (TPSA) is 82.6 Å². The number of para-hydroxylation sites is 1. The molecular weight excluding hydrogens is 344 g/mol. The molecule has 6 heteroatoms. The minimum Gasteiger partial charge on any atom is -0.481 e. The first kappa shape index (κ1) is 21.0. The van der Waals surface area contributed by atoms with Gasteiger partial charge in [-0.3, -0.25) is 9.59 Å². The maximum absolute atomic E-state index is 12.0. The van der Waals surface area contributed by atoms with E-state index in [1.165, 1.54) is 5.56 Å². The second-order valence-electron chi connectivity index (χ2n) is 6.81. The number of aromatic amines is 1. The largest absolute Gasteiger partial charge is 0.481 e. The molecule has 6 nitrogen and oxygen atoms in total. The number of nitrogens with one attached hydrogen (secondary N) is 1. The number of fused-ring (bicyclic) bond motifs is 1. The van der Waals surface area contributed by atoms with Gasteiger partial charge in [0.2, 0.25) is 0 Å². The summed E-state index contributed by atoms with van der Waals surface area (Å²) in [4.78, 5) is 28.2. The monoisotopic (exact) mass is 374 g/mol. The lowest BCUT2D eigenvalue weighted by Crippen LogP contribution is -2.27. The molecule has 0 bridgehead atoms. The van der Waals surface area contributed by atoms with E-state index >= 15 is 0 Å². The van der Waals surface area contributed by atoms with Gasteiger partial charge in [0, 0.05) is 31.0 Å². The van der Waals surface area contributed by atoms with Crippen LogP contribution >= 0.6 is 0 Å². The fraction of sp³-hybridized carbons (Fsp3) is 0.524. The SMILES string of the molecule is CCCN(CCC)CCc1c[nH]c2c(OC(=O)CCCC(=O)O)cccc12. The minimum atomic E-state index is -0.904. The van der Waals surface area contributed by atoms with Crippen molar-refractivity contribution in [2.75, 3.05) is 19.6 Å². The molecule has 2 aromatic rings. The molecule has 2 N–H and O–H groups in total. The maximum Gasteiger partial charge on any atom is 0.311 e. The Kier molecular flexibility index (Phi) is 8.33. The van der Waals surface area contributed by atoms with Gasteiger partial charge < -0.3 is 19.7 Å². The van der Waals surface area contributed by atoms with E-state index in [0.29, 0.717) is 5.75 Å². The molecule has 2 rings (SSSR count). The third-order valence-electron chi connectivity index (χ3n) is 4.54. The zero-order chi connectivity index (χ0) is 19.6. The van der Waals surface area contributed by atoms with Gasteiger partial charge >= 0.3 is 11.9 Å². The van der Waals surface area contributed by atoms with Crippen molar-refractivity contribution in [2.45, 2.75) is 52.4 Å². The Labute approximate surface area is 160 Å². The third-order valence-corrected chi connectivity index (χ3v) is 4.54. The molecule has 1 heterocycles. The van der Waals surface area contributed by atoms with Gasteiger partial charge in [0.15, 0.2) is 5.75 Å². The van der Waals surface area contributed by atoms with Gasteiger partial charge in [-0.1, -0.05) is 26.0 Å². The predicted octanol–water partition coefficient (Wildman–Crippen LogP) is 3.99. The highest BCUT2D eigenvalue weighted by atomic mass is 16.5. The van der Waals surface area contributed by atoms with Crippen LogP contribution in [0.25, 0.3) is 10.9 Å². The molecule has 0 fully saturated rings. The maximum atomic E-state index is 12.0. The summed E-state index contributed by atoms with van der Waals surface area (Å²) in [7, 11) is 0. The Bertz CT molecular complexity index is 748. The van der Waals surface area contributed by atoms with Gasteiger partial charge in [0.1, 0.15) is 0 Å². The molecule has 0 spiro atoms. The number of aliphatic carboxylic acids is 1. The van der Waals surface area contributed by atoms with Gasteiger partial charge in [0.05, 0.1) is 5.52 Å². The van der Waals surface area contributed by atoms with Crippen molar-refractivity contribution in [3.63, 3.8) is 0 Å². The Hall–Kier alpha value is -2.34. The van der Waals surface area contributed by atoms with Crippen LogP contribution in [0.5, 0.6) is 5.75 Å². The quantitative estimate of drug-likeness (QED) is 0.433. The molecule has 0 aliphatic carbocycles. The molecule has 0 radical (unpaired) electrons. The average Bonchev–Trinajstić information content (AvgIpc) is 3.04. The van der Waals surface area contributed by atoms with E-state index in [1.807, 2.05) is 18.3 Å². The number of ether oxygens (including phenoxy) is 1. The van der Waals surface area contributed by atoms with Crippen LogP contribution in [0.4, 0.5) is 0 Å². The number of benzene rings is 1. The summed E-state index contributed by atoms with van der Waals surface area (Å²) in [6.45, 7) is 7.62. The van der Waals surface area contributed by atoms with Crippen molar-refractivity contribution in [3.8, 4) is 5.75 Å². The van der Waals surface area contributed by atoms with Crippen LogP contribution in [-0.4, -0.2) is 46.6 Å². The summed E-state index contributed by atoms with van der Waals surface area (Å²) in [5, 5.41) is 9.72. The number of carboxylic acid groups (broad SMARTS) is 1. The van der Waals surface area contributed by atoms with E-state index in [4.69, 9.17) is 9.84 Å². The van der Waals surface area contributed by atoms with Crippen LogP contribution in [0.3, 0.4) is 0 Å². The first-order valence-electron chi connectivity index (χ1n) is 9.79. The summed E-state index contributed by atoms with van der Waals surface area (Å²) in [5.41, 5.74) is 2.03. The lowest BCUT2D eigenvalue weighted by Gasteiger charge is -2.20. The Morgan fingerprint density at radius 2 is 1.85 bits per heavy atom. The standard InChI is InChI=1S/C21H30N2O4/c1-3-12-23(13-4-2)14-11-16-15-22-21-17(16)7-5-8-18(21)27-20(26)10-6-9-19(24)25/h5,7-8,15,22H,3-4,6,9-14H2,1-2H3,(H,24,25). The molecule has 0 aliphatic rings. The zero-order valence-corrected chi connectivity index (χ0v) is 16.3. The second-order valence-corrected chi connectivity index (χ2v) is 6.81. The molecule has 0 amide bonds. The summed E-state index contributed by atoms with van der Waals surface area (Å²) in [6, 6.07) is 5.68. The average molecular weight is 374 g/mol. The highest BCUT2D eigenvalue weighted by molar-refractivity contribution is 5.90. The van der Waals surface area contributed by atoms with Gasteiger partial charge in [-0.2, -0.15) is 0 Å². The van der Waals surface area contributed by atoms with Crippen LogP contribution in [0.2, 0.25) is 0 Å². The van der Waals surface area contributed by atoms with Gasteiger partial charge in [0.25, 0.3) is 0 Å². The Morgan fingerprint density at radius 1 is 1.11 bits per heavy atom. The fourth-order valence-corrected chi connectivity index (χ4v) is 3.28. The van der Waals surface area contributed by atoms with Gasteiger partial charge in [-0.25, -0.2) is 0 Å². The normalized spacial score (nSPS) is 11.2. The molecule has 0 atom stereocenters. The zero-order valence-electron chi connectivity index (χ0n) is 16.3. The molecule has 0 saturated heterocycles. The number of carbonyl (C=O) groups excluding carboxylic acids is 1. The van der Waals surface area contributed by atoms with Crippen molar-refractivity contribution >= 4 is 22.8 Å². The summed E-state index contributed by atoms with van der Waals surface area (Å²) < 4.78 is 5.45. The van der Waals surface area contributed by atoms with Crippen molar-refractivity contribution < 1.29 is 19.4 Å². The second kappa shape index (κ2) is 10.7. The first-order valence-corrected chi connectivity index (χ1v) is 9.79. The number of esters is 1. The van der Waals surface area contributed by atoms with E-state index in [0.717, 1.165) is 49.8 Å². The number of carboxylic acids is 1. The van der Waals surface area contributed by atoms with Crippen molar-refractivity contribution in [3.05, 3.63) is 30.0 Å². The van der Waals surface area contributed by atoms with Crippen LogP contribution in [-0.2, 0) is 16.0 Å². The molecule has 0 aliphatic heterocycles. The lowest BCUT2D eigenvalue weighted by molar-refractivity contribution is -0.137. The Balaban J connectivity index is 2.02. The lowest BCUT2D eigenvalue weighted by atomic mass is 10.1. The van der Waals surface area contributed by atoms with E-state index in [1.54, 1.807) is 6.07 Å². The highest BCUT2D eigenvalue weighted by Gasteiger charge is 2.13. The van der Waals surface area contributed by atoms with Crippen LogP contribution in [0, 0.1) is 0 Å². The molecule has 1 aromatic carbocycles. The van der Waals surface area contributed by atoms with E-state index in [9.17, 15) is 9.59 Å². The number of nitrogens with zero attached hydrogens (tertiary/aromatic N) is 1.